The second kappa shape index (κ2) is 50.2. The van der Waals surface area contributed by atoms with Gasteiger partial charge in [0.25, 0.3) is 0 Å². The zero-order chi connectivity index (χ0) is 54.7. The van der Waals surface area contributed by atoms with Gasteiger partial charge in [0.1, 0.15) is 18.8 Å². The lowest BCUT2D eigenvalue weighted by Gasteiger charge is -2.40. The number of carboxylic acid groups (broad SMARTS) is 1. The average molecular weight is 1050 g/mol. The molecule has 3 N–H and O–H groups in total. The number of aliphatic hydroxyl groups is 2. The summed E-state index contributed by atoms with van der Waals surface area (Å²) < 4.78 is 28.2. The molecule has 1 heterocycles. The lowest BCUT2D eigenvalue weighted by molar-refractivity contribution is -0.301. The Hall–Kier alpha value is -4.62. The van der Waals surface area contributed by atoms with Crippen LogP contribution in [0, 0.1) is 0 Å². The lowest BCUT2D eigenvalue weighted by atomic mass is 9.98. The standard InChI is InChI=1S/C63H100O12/c1-4-7-10-13-16-19-22-25-26-27-28-29-30-33-36-39-42-45-48-51-57(66)74-61-59(68)58(67)60(62(69)70)75-63(61)72-53-54(73-56(65)50-47-44-41-38-35-32-24-21-18-15-12-9-6-3)52-71-55(64)49-46-43-40-37-34-31-23-20-17-14-11-8-5-2/h8-9,11-12,17-18,20-21,25-26,31-32,34-35,40-41,43-44,54,58-61,63,67-68H,4-7,10,13-16,19,22-24,27-30,33,36-39,42,45-53H2,1-3H3,(H,69,70)/b11-8-,12-9-,20-17-,21-18-,26-25-,34-31-,35-32-,43-40-,44-41-. The smallest absolute Gasteiger partial charge is 0.335 e. The van der Waals surface area contributed by atoms with Gasteiger partial charge in [-0.25, -0.2) is 4.79 Å². The van der Waals surface area contributed by atoms with E-state index in [2.05, 4.69) is 99.8 Å². The van der Waals surface area contributed by atoms with E-state index in [1.54, 1.807) is 0 Å². The van der Waals surface area contributed by atoms with Crippen LogP contribution in [0.2, 0.25) is 0 Å². The molecule has 0 aliphatic carbocycles. The van der Waals surface area contributed by atoms with Crippen LogP contribution in [0.15, 0.2) is 109 Å². The van der Waals surface area contributed by atoms with E-state index < -0.39 is 67.3 Å². The largest absolute Gasteiger partial charge is 0.479 e. The fraction of sp³-hybridized carbons (Fsp3) is 0.651. The summed E-state index contributed by atoms with van der Waals surface area (Å²) in [7, 11) is 0. The third kappa shape index (κ3) is 40.3. The van der Waals surface area contributed by atoms with Crippen LogP contribution in [0.1, 0.15) is 213 Å². The Morgan fingerprint density at radius 1 is 0.453 bits per heavy atom. The third-order valence-corrected chi connectivity index (χ3v) is 12.3. The van der Waals surface area contributed by atoms with Gasteiger partial charge in [-0.3, -0.25) is 14.4 Å². The maximum Gasteiger partial charge on any atom is 0.335 e. The third-order valence-electron chi connectivity index (χ3n) is 12.3. The van der Waals surface area contributed by atoms with Crippen LogP contribution in [0.4, 0.5) is 0 Å². The predicted octanol–water partition coefficient (Wildman–Crippen LogP) is 14.7. The number of carbonyl (C=O) groups excluding carboxylic acids is 3. The molecule has 0 bridgehead atoms. The zero-order valence-electron chi connectivity index (χ0n) is 46.5. The Labute approximate surface area is 453 Å². The lowest BCUT2D eigenvalue weighted by Crippen LogP contribution is -2.61. The number of hydrogen-bond acceptors (Lipinski definition) is 11. The number of allylic oxidation sites excluding steroid dienone is 18. The average Bonchev–Trinajstić information content (AvgIpc) is 3.39. The summed E-state index contributed by atoms with van der Waals surface area (Å²) in [6.45, 7) is 5.61. The van der Waals surface area contributed by atoms with E-state index in [-0.39, 0.29) is 25.9 Å². The molecule has 1 saturated heterocycles. The summed E-state index contributed by atoms with van der Waals surface area (Å²) in [5.41, 5.74) is 0. The van der Waals surface area contributed by atoms with E-state index in [0.717, 1.165) is 77.0 Å². The van der Waals surface area contributed by atoms with Crippen molar-refractivity contribution in [2.24, 2.45) is 0 Å². The van der Waals surface area contributed by atoms with Crippen molar-refractivity contribution >= 4 is 23.9 Å². The first-order valence-electron chi connectivity index (χ1n) is 28.9. The monoisotopic (exact) mass is 1050 g/mol. The number of aliphatic carboxylic acids is 1. The van der Waals surface area contributed by atoms with Crippen LogP contribution in [-0.2, 0) is 42.9 Å². The molecule has 0 aromatic rings. The summed E-state index contributed by atoms with van der Waals surface area (Å²) in [6, 6.07) is 0. The van der Waals surface area contributed by atoms with E-state index in [4.69, 9.17) is 23.7 Å². The van der Waals surface area contributed by atoms with Crippen molar-refractivity contribution in [3.63, 3.8) is 0 Å². The summed E-state index contributed by atoms with van der Waals surface area (Å²) in [4.78, 5) is 51.0. The molecule has 0 spiro atoms. The molecule has 1 aliphatic heterocycles. The number of rotatable bonds is 47. The van der Waals surface area contributed by atoms with Crippen molar-refractivity contribution < 1.29 is 58.2 Å². The summed E-state index contributed by atoms with van der Waals surface area (Å²) in [5.74, 6) is -3.35. The van der Waals surface area contributed by atoms with Crippen LogP contribution in [-0.4, -0.2) is 89.2 Å². The predicted molar refractivity (Wildman–Crippen MR) is 303 cm³/mol. The molecule has 0 radical (unpaired) electrons. The maximum absolute atomic E-state index is 13.1. The fourth-order valence-corrected chi connectivity index (χ4v) is 7.98. The van der Waals surface area contributed by atoms with Gasteiger partial charge >= 0.3 is 23.9 Å². The topological polar surface area (TPSA) is 175 Å². The molecule has 1 rings (SSSR count). The van der Waals surface area contributed by atoms with E-state index in [1.807, 2.05) is 30.4 Å². The maximum atomic E-state index is 13.1. The highest BCUT2D eigenvalue weighted by Gasteiger charge is 2.50. The molecule has 0 amide bonds. The minimum Gasteiger partial charge on any atom is -0.479 e. The number of esters is 3. The van der Waals surface area contributed by atoms with Crippen LogP contribution in [0.3, 0.4) is 0 Å². The van der Waals surface area contributed by atoms with Crippen molar-refractivity contribution in [1.29, 1.82) is 0 Å². The Morgan fingerprint density at radius 2 is 0.867 bits per heavy atom. The molecule has 0 aromatic carbocycles. The van der Waals surface area contributed by atoms with E-state index >= 15 is 0 Å². The van der Waals surface area contributed by atoms with Crippen LogP contribution in [0.5, 0.6) is 0 Å². The molecular weight excluding hydrogens is 949 g/mol. The highest BCUT2D eigenvalue weighted by atomic mass is 16.7. The first-order chi connectivity index (χ1) is 36.6. The van der Waals surface area contributed by atoms with Crippen LogP contribution < -0.4 is 0 Å². The number of unbranched alkanes of at least 4 members (excludes halogenated alkanes) is 15. The number of carboxylic acids is 1. The summed E-state index contributed by atoms with van der Waals surface area (Å²) in [5, 5.41) is 31.4. The number of carbonyl (C=O) groups is 4. The first kappa shape index (κ1) is 68.4. The minimum absolute atomic E-state index is 0.0220. The van der Waals surface area contributed by atoms with E-state index in [1.165, 1.54) is 70.6 Å². The highest BCUT2D eigenvalue weighted by molar-refractivity contribution is 5.74. The second-order valence-corrected chi connectivity index (χ2v) is 19.2. The normalized spacial score (nSPS) is 19.0. The Bertz CT molecular complexity index is 1720. The van der Waals surface area contributed by atoms with Gasteiger partial charge in [0.15, 0.2) is 24.6 Å². The van der Waals surface area contributed by atoms with Gasteiger partial charge in [0.05, 0.1) is 6.61 Å². The molecule has 12 nitrogen and oxygen atoms in total. The van der Waals surface area contributed by atoms with Gasteiger partial charge in [0.2, 0.25) is 0 Å². The minimum atomic E-state index is -1.93. The van der Waals surface area contributed by atoms with Gasteiger partial charge < -0.3 is 39.0 Å². The Kier molecular flexibility index (Phi) is 45.8. The zero-order valence-corrected chi connectivity index (χ0v) is 46.5. The SMILES string of the molecule is CC/C=C\C/C=C\C/C=C\C/C=C\CCC(=O)OCC(COC1OC(C(=O)O)C(O)C(O)C1OC(=O)CCCCCCCCCCC/C=C\CCCCCCCC)OC(=O)CC/C=C\C/C=C\C/C=C\C/C=C\CC. The second-order valence-electron chi connectivity index (χ2n) is 19.2. The molecule has 1 fully saturated rings. The molecule has 0 aromatic heterocycles. The Morgan fingerprint density at radius 3 is 1.33 bits per heavy atom. The molecule has 424 valence electrons. The van der Waals surface area contributed by atoms with Crippen molar-refractivity contribution in [1.82, 2.24) is 0 Å². The van der Waals surface area contributed by atoms with Crippen LogP contribution >= 0.6 is 0 Å². The Balaban J connectivity index is 2.74. The molecule has 0 saturated carbocycles. The van der Waals surface area contributed by atoms with E-state index in [0.29, 0.717) is 25.7 Å². The van der Waals surface area contributed by atoms with Gasteiger partial charge in [-0.15, -0.1) is 0 Å². The molecule has 6 unspecified atom stereocenters. The van der Waals surface area contributed by atoms with Gasteiger partial charge in [-0.1, -0.05) is 207 Å². The summed E-state index contributed by atoms with van der Waals surface area (Å²) >= 11 is 0. The molecular formula is C63H100O12. The molecule has 12 heteroatoms. The fourth-order valence-electron chi connectivity index (χ4n) is 7.98. The van der Waals surface area contributed by atoms with Crippen molar-refractivity contribution in [3.8, 4) is 0 Å². The first-order valence-corrected chi connectivity index (χ1v) is 28.9. The van der Waals surface area contributed by atoms with Crippen molar-refractivity contribution in [2.75, 3.05) is 13.2 Å². The van der Waals surface area contributed by atoms with Gasteiger partial charge in [-0.05, 0) is 96.3 Å². The summed E-state index contributed by atoms with van der Waals surface area (Å²) in [6.07, 6.45) is 55.3. The number of hydrogen-bond donors (Lipinski definition) is 3. The molecule has 1 aliphatic rings. The van der Waals surface area contributed by atoms with Crippen LogP contribution in [0.25, 0.3) is 0 Å². The van der Waals surface area contributed by atoms with Crippen molar-refractivity contribution in [2.45, 2.75) is 250 Å². The van der Waals surface area contributed by atoms with Crippen molar-refractivity contribution in [3.05, 3.63) is 109 Å². The highest BCUT2D eigenvalue weighted by Crippen LogP contribution is 2.26. The quantitative estimate of drug-likeness (QED) is 0.0228. The van der Waals surface area contributed by atoms with Gasteiger partial charge in [-0.2, -0.15) is 0 Å². The molecule has 6 atom stereocenters. The van der Waals surface area contributed by atoms with Gasteiger partial charge in [0, 0.05) is 19.3 Å². The van der Waals surface area contributed by atoms with E-state index in [9.17, 15) is 34.5 Å². The number of ether oxygens (including phenoxy) is 5. The molecule has 75 heavy (non-hydrogen) atoms. The number of aliphatic hydroxyl groups excluding tert-OH is 2.